The molecule has 1 rings (SSSR count). The summed E-state index contributed by atoms with van der Waals surface area (Å²) in [6.45, 7) is -0.311. The molecule has 1 heterocycles. The van der Waals surface area contributed by atoms with E-state index in [1.807, 2.05) is 0 Å². The van der Waals surface area contributed by atoms with Gasteiger partial charge in [-0.05, 0) is 6.92 Å². The molecule has 0 aliphatic carbocycles. The van der Waals surface area contributed by atoms with Crippen LogP contribution in [0.4, 0.5) is 8.78 Å². The summed E-state index contributed by atoms with van der Waals surface area (Å²) in [7, 11) is 0. The minimum atomic E-state index is -2.43. The summed E-state index contributed by atoms with van der Waals surface area (Å²) < 4.78 is 23.5. The third-order valence-corrected chi connectivity index (χ3v) is 1.23. The van der Waals surface area contributed by atoms with Crippen LogP contribution in [0.1, 0.15) is 13.3 Å². The molecule has 0 radical (unpaired) electrons. The van der Waals surface area contributed by atoms with Crippen molar-refractivity contribution in [2.45, 2.75) is 19.9 Å². The number of alkyl halides is 2. The van der Waals surface area contributed by atoms with E-state index in [1.165, 1.54) is 0 Å². The van der Waals surface area contributed by atoms with Crippen molar-refractivity contribution in [2.24, 2.45) is 5.10 Å². The molecule has 0 spiro atoms. The van der Waals surface area contributed by atoms with Gasteiger partial charge in [0.2, 0.25) is 0 Å². The Morgan fingerprint density at radius 1 is 1.67 bits per heavy atom. The normalized spacial score (nSPS) is 19.1. The van der Waals surface area contributed by atoms with Crippen LogP contribution in [0.25, 0.3) is 0 Å². The van der Waals surface area contributed by atoms with Gasteiger partial charge >= 0.3 is 6.55 Å². The second-order valence-corrected chi connectivity index (χ2v) is 2.03. The molecule has 0 aromatic carbocycles. The first-order chi connectivity index (χ1) is 4.20. The van der Waals surface area contributed by atoms with E-state index < -0.39 is 6.55 Å². The van der Waals surface area contributed by atoms with Gasteiger partial charge in [-0.2, -0.15) is 13.9 Å². The van der Waals surface area contributed by atoms with Crippen molar-refractivity contribution in [3.63, 3.8) is 0 Å². The van der Waals surface area contributed by atoms with Crippen LogP contribution >= 0.6 is 0 Å². The Morgan fingerprint density at radius 2 is 2.33 bits per heavy atom. The maximum atomic E-state index is 11.7. The molecule has 1 aliphatic rings. The van der Waals surface area contributed by atoms with Gasteiger partial charge in [0.05, 0.1) is 0 Å². The lowest BCUT2D eigenvalue weighted by Gasteiger charge is -2.09. The Hall–Kier alpha value is -0.670. The summed E-state index contributed by atoms with van der Waals surface area (Å²) in [6.07, 6.45) is 0.671. The smallest absolute Gasteiger partial charge is 0.237 e. The van der Waals surface area contributed by atoms with Crippen LogP contribution in [0.3, 0.4) is 0 Å². The van der Waals surface area contributed by atoms with Crippen molar-refractivity contribution >= 4 is 5.71 Å². The van der Waals surface area contributed by atoms with E-state index in [9.17, 15) is 8.78 Å². The molecule has 0 saturated carbocycles. The molecule has 0 amide bonds. The first-order valence-corrected chi connectivity index (χ1v) is 2.79. The monoisotopic (exact) mass is 134 g/mol. The molecule has 9 heavy (non-hydrogen) atoms. The predicted molar refractivity (Wildman–Crippen MR) is 30.4 cm³/mol. The van der Waals surface area contributed by atoms with Crippen molar-refractivity contribution < 1.29 is 8.78 Å². The number of hydrogen-bond donors (Lipinski definition) is 0. The van der Waals surface area contributed by atoms with Crippen LogP contribution in [0.15, 0.2) is 5.10 Å². The van der Waals surface area contributed by atoms with E-state index in [1.54, 1.807) is 6.92 Å². The summed E-state index contributed by atoms with van der Waals surface area (Å²) >= 11 is 0. The Kier molecular flexibility index (Phi) is 1.64. The zero-order valence-corrected chi connectivity index (χ0v) is 5.14. The van der Waals surface area contributed by atoms with Crippen LogP contribution in [-0.4, -0.2) is 23.8 Å². The Bertz CT molecular complexity index is 133. The van der Waals surface area contributed by atoms with Crippen molar-refractivity contribution in [3.05, 3.63) is 0 Å². The number of nitrogens with zero attached hydrogens (tertiary/aromatic N) is 2. The van der Waals surface area contributed by atoms with Gasteiger partial charge in [0.25, 0.3) is 0 Å². The van der Waals surface area contributed by atoms with E-state index in [0.29, 0.717) is 13.0 Å². The van der Waals surface area contributed by atoms with Crippen molar-refractivity contribution in [2.75, 3.05) is 6.54 Å². The standard InChI is InChI=1S/C5H8F2N2/c1-4-2-3-9(8-4)5(6)7/h5H,2-3H2,1H3. The molecule has 0 fully saturated rings. The van der Waals surface area contributed by atoms with Gasteiger partial charge in [0.15, 0.2) is 0 Å². The van der Waals surface area contributed by atoms with E-state index in [2.05, 4.69) is 5.10 Å². The molecule has 0 bridgehead atoms. The fraction of sp³-hybridized carbons (Fsp3) is 0.800. The van der Waals surface area contributed by atoms with Gasteiger partial charge in [0, 0.05) is 18.7 Å². The molecule has 0 N–H and O–H groups in total. The van der Waals surface area contributed by atoms with Gasteiger partial charge in [-0.25, -0.2) is 5.01 Å². The molecular formula is C5H8F2N2. The predicted octanol–water partition coefficient (Wildman–Crippen LogP) is 1.29. The summed E-state index contributed by atoms with van der Waals surface area (Å²) in [4.78, 5) is 0. The highest BCUT2D eigenvalue weighted by molar-refractivity contribution is 5.82. The molecule has 2 nitrogen and oxygen atoms in total. The third-order valence-electron chi connectivity index (χ3n) is 1.23. The zero-order chi connectivity index (χ0) is 6.85. The third kappa shape index (κ3) is 1.37. The largest absolute Gasteiger partial charge is 0.329 e. The fourth-order valence-corrected chi connectivity index (χ4v) is 0.737. The van der Waals surface area contributed by atoms with Gasteiger partial charge in [0.1, 0.15) is 0 Å². The van der Waals surface area contributed by atoms with E-state index >= 15 is 0 Å². The van der Waals surface area contributed by atoms with Gasteiger partial charge in [-0.1, -0.05) is 0 Å². The summed E-state index contributed by atoms with van der Waals surface area (Å²) in [5.41, 5.74) is 0.787. The minimum Gasteiger partial charge on any atom is -0.237 e. The number of hydrazone groups is 1. The SMILES string of the molecule is CC1=NN(C(F)F)CC1. The van der Waals surface area contributed by atoms with Crippen LogP contribution < -0.4 is 0 Å². The Balaban J connectivity index is 2.47. The topological polar surface area (TPSA) is 15.6 Å². The lowest BCUT2D eigenvalue weighted by molar-refractivity contribution is -0.0180. The van der Waals surface area contributed by atoms with Crippen LogP contribution in [-0.2, 0) is 0 Å². The first kappa shape index (κ1) is 6.45. The maximum absolute atomic E-state index is 11.7. The molecule has 0 atom stereocenters. The Morgan fingerprint density at radius 3 is 2.56 bits per heavy atom. The quantitative estimate of drug-likeness (QED) is 0.493. The second-order valence-electron chi connectivity index (χ2n) is 2.03. The first-order valence-electron chi connectivity index (χ1n) is 2.79. The van der Waals surface area contributed by atoms with Crippen LogP contribution in [0.2, 0.25) is 0 Å². The lowest BCUT2D eigenvalue weighted by atomic mass is 10.3. The van der Waals surface area contributed by atoms with Crippen molar-refractivity contribution in [1.29, 1.82) is 0 Å². The number of halogens is 2. The lowest BCUT2D eigenvalue weighted by Crippen LogP contribution is -2.19. The highest BCUT2D eigenvalue weighted by Crippen LogP contribution is 2.11. The molecule has 0 unspecified atom stereocenters. The summed E-state index contributed by atoms with van der Waals surface area (Å²) in [5.74, 6) is 0. The van der Waals surface area contributed by atoms with Crippen LogP contribution in [0.5, 0.6) is 0 Å². The summed E-state index contributed by atoms with van der Waals surface area (Å²) in [6, 6.07) is 0. The average molecular weight is 134 g/mol. The van der Waals surface area contributed by atoms with E-state index in [0.717, 1.165) is 10.7 Å². The van der Waals surface area contributed by atoms with E-state index in [-0.39, 0.29) is 0 Å². The van der Waals surface area contributed by atoms with Crippen molar-refractivity contribution in [1.82, 2.24) is 5.01 Å². The van der Waals surface area contributed by atoms with E-state index in [4.69, 9.17) is 0 Å². The minimum absolute atomic E-state index is 0.365. The highest BCUT2D eigenvalue weighted by Gasteiger charge is 2.18. The highest BCUT2D eigenvalue weighted by atomic mass is 19.3. The molecule has 0 aromatic heterocycles. The summed E-state index contributed by atoms with van der Waals surface area (Å²) in [5, 5.41) is 4.39. The molecule has 1 aliphatic heterocycles. The van der Waals surface area contributed by atoms with Crippen LogP contribution in [0, 0.1) is 0 Å². The fourth-order valence-electron chi connectivity index (χ4n) is 0.737. The Labute approximate surface area is 52.1 Å². The number of hydrogen-bond acceptors (Lipinski definition) is 2. The average Bonchev–Trinajstić information content (AvgIpc) is 2.14. The van der Waals surface area contributed by atoms with Gasteiger partial charge < -0.3 is 0 Å². The molecule has 0 saturated heterocycles. The molecule has 52 valence electrons. The molecular weight excluding hydrogens is 126 g/mol. The molecule has 0 aromatic rings. The van der Waals surface area contributed by atoms with Gasteiger partial charge in [-0.15, -0.1) is 0 Å². The number of rotatable bonds is 1. The zero-order valence-electron chi connectivity index (χ0n) is 5.14. The van der Waals surface area contributed by atoms with Gasteiger partial charge in [-0.3, -0.25) is 0 Å². The van der Waals surface area contributed by atoms with Crippen molar-refractivity contribution in [3.8, 4) is 0 Å². The second kappa shape index (κ2) is 2.29. The maximum Gasteiger partial charge on any atom is 0.329 e. The molecule has 4 heteroatoms.